The molecule has 0 saturated heterocycles. The number of hydrogen-bond acceptors (Lipinski definition) is 3. The van der Waals surface area contributed by atoms with Gasteiger partial charge in [0.25, 0.3) is 0 Å². The standard InChI is InChI=1S/C27H40O3/c1-28-18-30-23-10-14-25-21(16-23)8-12-26-24-13-9-22(15-20(24)7-11-27(25)26)29-17-19-5-3-2-4-6-19/h2-6,20-27H,7-18H2,1H3/t20-,21+,22+,23-,24-,25+,26+,27-/m1/s1. The molecule has 8 atom stereocenters. The van der Waals surface area contributed by atoms with Crippen molar-refractivity contribution < 1.29 is 14.2 Å². The third-order valence-electron chi connectivity index (χ3n) is 9.13. The lowest BCUT2D eigenvalue weighted by atomic mass is 9.51. The Balaban J connectivity index is 1.14. The summed E-state index contributed by atoms with van der Waals surface area (Å²) in [4.78, 5) is 0. The quantitative estimate of drug-likeness (QED) is 0.520. The van der Waals surface area contributed by atoms with Crippen LogP contribution in [0, 0.1) is 35.5 Å². The molecule has 1 aromatic carbocycles. The first-order valence-corrected chi connectivity index (χ1v) is 12.6. The zero-order chi connectivity index (χ0) is 20.3. The van der Waals surface area contributed by atoms with Crippen molar-refractivity contribution >= 4 is 0 Å². The van der Waals surface area contributed by atoms with Crippen molar-refractivity contribution in [1.29, 1.82) is 0 Å². The Labute approximate surface area is 182 Å². The molecular formula is C27H40O3. The summed E-state index contributed by atoms with van der Waals surface area (Å²) in [6.45, 7) is 1.25. The molecule has 0 aliphatic heterocycles. The molecule has 0 N–H and O–H groups in total. The van der Waals surface area contributed by atoms with Crippen molar-refractivity contribution in [3.05, 3.63) is 35.9 Å². The van der Waals surface area contributed by atoms with E-state index >= 15 is 0 Å². The Morgan fingerprint density at radius 1 is 0.667 bits per heavy atom. The second-order valence-corrected chi connectivity index (χ2v) is 10.6. The summed E-state index contributed by atoms with van der Waals surface area (Å²) < 4.78 is 17.4. The van der Waals surface area contributed by atoms with Gasteiger partial charge in [-0.1, -0.05) is 30.3 Å². The summed E-state index contributed by atoms with van der Waals surface area (Å²) >= 11 is 0. The molecule has 0 heterocycles. The molecule has 0 bridgehead atoms. The van der Waals surface area contributed by atoms with Gasteiger partial charge in [0.1, 0.15) is 6.79 Å². The average Bonchev–Trinajstić information content (AvgIpc) is 2.81. The van der Waals surface area contributed by atoms with Crippen LogP contribution in [0.5, 0.6) is 0 Å². The predicted molar refractivity (Wildman–Crippen MR) is 119 cm³/mol. The molecule has 0 radical (unpaired) electrons. The maximum absolute atomic E-state index is 6.36. The molecule has 30 heavy (non-hydrogen) atoms. The van der Waals surface area contributed by atoms with E-state index in [0.29, 0.717) is 19.0 Å². The SMILES string of the molecule is COCO[C@@H]1CC[C@H]2[C@@H](CC[C@@H]3[C@@H]2CC[C@@H]2C[C@@H](OCc4ccccc4)CC[C@H]23)C1. The van der Waals surface area contributed by atoms with Gasteiger partial charge in [-0.15, -0.1) is 0 Å². The molecular weight excluding hydrogens is 372 g/mol. The van der Waals surface area contributed by atoms with E-state index in [9.17, 15) is 0 Å². The van der Waals surface area contributed by atoms with Crippen molar-refractivity contribution in [3.63, 3.8) is 0 Å². The van der Waals surface area contributed by atoms with Crippen molar-refractivity contribution in [2.24, 2.45) is 35.5 Å². The van der Waals surface area contributed by atoms with Gasteiger partial charge >= 0.3 is 0 Å². The maximum Gasteiger partial charge on any atom is 0.146 e. The third kappa shape index (κ3) is 4.49. The molecule has 4 aliphatic rings. The van der Waals surface area contributed by atoms with Crippen LogP contribution < -0.4 is 0 Å². The summed E-state index contributed by atoms with van der Waals surface area (Å²) in [6.07, 6.45) is 14.7. The molecule has 3 heteroatoms. The number of rotatable bonds is 6. The second-order valence-electron chi connectivity index (χ2n) is 10.6. The Morgan fingerprint density at radius 2 is 1.23 bits per heavy atom. The van der Waals surface area contributed by atoms with E-state index in [0.717, 1.165) is 42.1 Å². The zero-order valence-electron chi connectivity index (χ0n) is 18.7. The Bertz CT molecular complexity index is 661. The van der Waals surface area contributed by atoms with Crippen LogP contribution in [-0.2, 0) is 20.8 Å². The van der Waals surface area contributed by atoms with Crippen LogP contribution in [0.4, 0.5) is 0 Å². The van der Waals surface area contributed by atoms with Crippen LogP contribution in [0.2, 0.25) is 0 Å². The van der Waals surface area contributed by atoms with Crippen molar-refractivity contribution in [1.82, 2.24) is 0 Å². The topological polar surface area (TPSA) is 27.7 Å². The third-order valence-corrected chi connectivity index (χ3v) is 9.13. The monoisotopic (exact) mass is 412 g/mol. The molecule has 0 aromatic heterocycles. The number of hydrogen-bond donors (Lipinski definition) is 0. The summed E-state index contributed by atoms with van der Waals surface area (Å²) in [5.41, 5.74) is 1.31. The van der Waals surface area contributed by atoms with Crippen LogP contribution in [0.25, 0.3) is 0 Å². The van der Waals surface area contributed by atoms with E-state index in [1.165, 1.54) is 69.8 Å². The van der Waals surface area contributed by atoms with Gasteiger partial charge in [0.2, 0.25) is 0 Å². The van der Waals surface area contributed by atoms with Gasteiger partial charge in [-0.2, -0.15) is 0 Å². The summed E-state index contributed by atoms with van der Waals surface area (Å²) in [5, 5.41) is 0. The Hall–Kier alpha value is -0.900. The molecule has 5 rings (SSSR count). The zero-order valence-corrected chi connectivity index (χ0v) is 18.7. The second kappa shape index (κ2) is 9.71. The van der Waals surface area contributed by atoms with Gasteiger partial charge in [-0.3, -0.25) is 0 Å². The van der Waals surface area contributed by atoms with E-state index in [2.05, 4.69) is 30.3 Å². The molecule has 0 spiro atoms. The molecule has 1 aromatic rings. The van der Waals surface area contributed by atoms with Crippen LogP contribution >= 0.6 is 0 Å². The van der Waals surface area contributed by atoms with Crippen LogP contribution in [0.1, 0.15) is 69.8 Å². The first-order valence-electron chi connectivity index (χ1n) is 12.6. The number of benzene rings is 1. The average molecular weight is 413 g/mol. The van der Waals surface area contributed by atoms with E-state index in [-0.39, 0.29) is 0 Å². The molecule has 4 saturated carbocycles. The minimum Gasteiger partial charge on any atom is -0.374 e. The first-order chi connectivity index (χ1) is 14.8. The van der Waals surface area contributed by atoms with Gasteiger partial charge in [-0.05, 0) is 105 Å². The van der Waals surface area contributed by atoms with E-state index < -0.39 is 0 Å². The number of ether oxygens (including phenoxy) is 3. The smallest absolute Gasteiger partial charge is 0.146 e. The molecule has 0 unspecified atom stereocenters. The summed E-state index contributed by atoms with van der Waals surface area (Å²) in [5.74, 6) is 5.76. The first kappa shape index (κ1) is 21.0. The highest BCUT2D eigenvalue weighted by molar-refractivity contribution is 5.13. The fourth-order valence-corrected chi connectivity index (χ4v) is 7.84. The highest BCUT2D eigenvalue weighted by Crippen LogP contribution is 2.57. The minimum absolute atomic E-state index is 0.441. The molecule has 166 valence electrons. The van der Waals surface area contributed by atoms with Gasteiger partial charge in [0.05, 0.1) is 18.8 Å². The van der Waals surface area contributed by atoms with Gasteiger partial charge in [-0.25, -0.2) is 0 Å². The van der Waals surface area contributed by atoms with E-state index in [4.69, 9.17) is 14.2 Å². The molecule has 4 fully saturated rings. The van der Waals surface area contributed by atoms with E-state index in [1.807, 2.05) is 0 Å². The minimum atomic E-state index is 0.441. The predicted octanol–water partition coefficient (Wildman–Crippen LogP) is 6.21. The normalized spacial score (nSPS) is 40.8. The molecule has 3 nitrogen and oxygen atoms in total. The van der Waals surface area contributed by atoms with Crippen molar-refractivity contribution in [3.8, 4) is 0 Å². The lowest BCUT2D eigenvalue weighted by Crippen LogP contribution is -2.48. The number of methoxy groups -OCH3 is 1. The maximum atomic E-state index is 6.36. The lowest BCUT2D eigenvalue weighted by Gasteiger charge is -2.55. The van der Waals surface area contributed by atoms with Gasteiger partial charge < -0.3 is 14.2 Å². The largest absolute Gasteiger partial charge is 0.374 e. The Kier molecular flexibility index (Phi) is 6.79. The van der Waals surface area contributed by atoms with E-state index in [1.54, 1.807) is 7.11 Å². The fourth-order valence-electron chi connectivity index (χ4n) is 7.84. The molecule has 0 amide bonds. The number of fused-ring (bicyclic) bond motifs is 5. The fraction of sp³-hybridized carbons (Fsp3) is 0.778. The van der Waals surface area contributed by atoms with Gasteiger partial charge in [0, 0.05) is 7.11 Å². The highest BCUT2D eigenvalue weighted by atomic mass is 16.7. The highest BCUT2D eigenvalue weighted by Gasteiger charge is 2.49. The van der Waals surface area contributed by atoms with Crippen LogP contribution in [0.3, 0.4) is 0 Å². The lowest BCUT2D eigenvalue weighted by molar-refractivity contribution is -0.121. The summed E-state index contributed by atoms with van der Waals surface area (Å²) in [6, 6.07) is 10.7. The van der Waals surface area contributed by atoms with Gasteiger partial charge in [0.15, 0.2) is 0 Å². The van der Waals surface area contributed by atoms with Crippen molar-refractivity contribution in [2.45, 2.75) is 83.0 Å². The van der Waals surface area contributed by atoms with Crippen molar-refractivity contribution in [2.75, 3.05) is 13.9 Å². The van der Waals surface area contributed by atoms with Crippen LogP contribution in [-0.4, -0.2) is 26.1 Å². The van der Waals surface area contributed by atoms with Crippen LogP contribution in [0.15, 0.2) is 30.3 Å². The summed E-state index contributed by atoms with van der Waals surface area (Å²) in [7, 11) is 1.73. The Morgan fingerprint density at radius 3 is 1.83 bits per heavy atom. The molecule has 4 aliphatic carbocycles.